The van der Waals surface area contributed by atoms with Crippen LogP contribution in [0.1, 0.15) is 15.4 Å². The third kappa shape index (κ3) is 4.15. The van der Waals surface area contributed by atoms with Gasteiger partial charge < -0.3 is 20.2 Å². The van der Waals surface area contributed by atoms with Crippen molar-refractivity contribution in [3.63, 3.8) is 0 Å². The largest absolute Gasteiger partial charge is 0.510 e. The number of hydrogen-bond acceptors (Lipinski definition) is 6. The van der Waals surface area contributed by atoms with Crippen LogP contribution in [0.5, 0.6) is 0 Å². The minimum atomic E-state index is -0.211. The maximum atomic E-state index is 12.7. The summed E-state index contributed by atoms with van der Waals surface area (Å²) in [6.07, 6.45) is 0. The lowest BCUT2D eigenvalue weighted by molar-refractivity contribution is -0.123. The standard InChI is InChI=1S/C24H20ClN5O3S/c25-16-5-1-14(2-6-16)18-13-34-23(28-18)21-19(31)11-30(22(21)26)17-7-3-15(4-8-17)24(33)29-10-9-27-20(32)12-29/h1-8,13,26,31H,9-12H2,(H,27,32). The van der Waals surface area contributed by atoms with Crippen LogP contribution in [-0.2, 0) is 4.79 Å². The van der Waals surface area contributed by atoms with Gasteiger partial charge in [-0.2, -0.15) is 0 Å². The van der Waals surface area contributed by atoms with Gasteiger partial charge in [0.05, 0.1) is 24.4 Å². The van der Waals surface area contributed by atoms with E-state index in [2.05, 4.69) is 10.3 Å². The predicted octanol–water partition coefficient (Wildman–Crippen LogP) is 3.80. The Morgan fingerprint density at radius 1 is 1.12 bits per heavy atom. The van der Waals surface area contributed by atoms with Crippen molar-refractivity contribution in [3.05, 3.63) is 75.3 Å². The molecule has 5 rings (SSSR count). The minimum Gasteiger partial charge on any atom is -0.510 e. The van der Waals surface area contributed by atoms with Crippen molar-refractivity contribution in [1.29, 1.82) is 5.41 Å². The van der Waals surface area contributed by atoms with E-state index in [1.807, 2.05) is 17.5 Å². The number of amidine groups is 1. The van der Waals surface area contributed by atoms with Crippen LogP contribution in [0.25, 0.3) is 16.8 Å². The van der Waals surface area contributed by atoms with Crippen LogP contribution in [0.3, 0.4) is 0 Å². The summed E-state index contributed by atoms with van der Waals surface area (Å²) in [4.78, 5) is 32.1. The van der Waals surface area contributed by atoms with E-state index in [4.69, 9.17) is 17.0 Å². The molecule has 0 radical (unpaired) electrons. The Hall–Kier alpha value is -3.69. The SMILES string of the molecule is N=C1C(c2nc(-c3ccc(Cl)cc3)cs2)=C(O)CN1c1ccc(C(=O)N2CCNC(=O)C2)cc1. The van der Waals surface area contributed by atoms with Gasteiger partial charge in [0.1, 0.15) is 16.6 Å². The second-order valence-corrected chi connectivity index (χ2v) is 9.22. The van der Waals surface area contributed by atoms with Crippen LogP contribution in [-0.4, -0.2) is 58.8 Å². The van der Waals surface area contributed by atoms with Crippen molar-refractivity contribution in [2.45, 2.75) is 0 Å². The first-order chi connectivity index (χ1) is 16.4. The lowest BCUT2D eigenvalue weighted by Crippen LogP contribution is -2.49. The van der Waals surface area contributed by atoms with Gasteiger partial charge in [0, 0.05) is 40.3 Å². The summed E-state index contributed by atoms with van der Waals surface area (Å²) in [6, 6.07) is 14.2. The number of nitrogens with zero attached hydrogens (tertiary/aromatic N) is 3. The molecule has 2 aliphatic heterocycles. The summed E-state index contributed by atoms with van der Waals surface area (Å²) < 4.78 is 0. The van der Waals surface area contributed by atoms with Gasteiger partial charge in [-0.25, -0.2) is 4.98 Å². The number of carbonyl (C=O) groups is 2. The van der Waals surface area contributed by atoms with Gasteiger partial charge >= 0.3 is 0 Å². The average Bonchev–Trinajstić information content (AvgIpc) is 3.43. The van der Waals surface area contributed by atoms with Crippen molar-refractivity contribution in [1.82, 2.24) is 15.2 Å². The minimum absolute atomic E-state index is 0.0460. The zero-order valence-corrected chi connectivity index (χ0v) is 19.5. The number of amides is 2. The number of carbonyl (C=O) groups excluding carboxylic acids is 2. The number of benzene rings is 2. The van der Waals surface area contributed by atoms with E-state index in [0.29, 0.717) is 39.9 Å². The summed E-state index contributed by atoms with van der Waals surface area (Å²) in [6.45, 7) is 1.10. The van der Waals surface area contributed by atoms with Crippen molar-refractivity contribution in [2.24, 2.45) is 0 Å². The number of thiazole rings is 1. The summed E-state index contributed by atoms with van der Waals surface area (Å²) in [5.74, 6) is -0.169. The smallest absolute Gasteiger partial charge is 0.254 e. The fourth-order valence-electron chi connectivity index (χ4n) is 3.94. The van der Waals surface area contributed by atoms with E-state index in [0.717, 1.165) is 11.3 Å². The molecule has 3 N–H and O–H groups in total. The number of rotatable bonds is 4. The van der Waals surface area contributed by atoms with Crippen LogP contribution in [0.2, 0.25) is 5.02 Å². The molecular formula is C24H20ClN5O3S. The molecule has 0 aliphatic carbocycles. The van der Waals surface area contributed by atoms with Gasteiger partial charge in [-0.05, 0) is 36.4 Å². The van der Waals surface area contributed by atoms with E-state index in [9.17, 15) is 14.7 Å². The third-order valence-electron chi connectivity index (χ3n) is 5.71. The Labute approximate surface area is 204 Å². The summed E-state index contributed by atoms with van der Waals surface area (Å²) in [7, 11) is 0. The van der Waals surface area contributed by atoms with E-state index in [1.54, 1.807) is 41.3 Å². The number of nitrogens with one attached hydrogen (secondary N) is 2. The lowest BCUT2D eigenvalue weighted by atomic mass is 10.1. The maximum Gasteiger partial charge on any atom is 0.254 e. The molecule has 0 saturated carbocycles. The first-order valence-corrected chi connectivity index (χ1v) is 11.8. The molecule has 3 heterocycles. The van der Waals surface area contributed by atoms with Crippen LogP contribution < -0.4 is 10.2 Å². The van der Waals surface area contributed by atoms with Crippen LogP contribution in [0.4, 0.5) is 5.69 Å². The number of hydrogen-bond donors (Lipinski definition) is 3. The summed E-state index contributed by atoms with van der Waals surface area (Å²) >= 11 is 7.32. The van der Waals surface area contributed by atoms with Crippen molar-refractivity contribution in [3.8, 4) is 11.3 Å². The predicted molar refractivity (Wildman–Crippen MR) is 133 cm³/mol. The molecule has 2 aliphatic rings. The second kappa shape index (κ2) is 8.92. The van der Waals surface area contributed by atoms with E-state index in [1.165, 1.54) is 16.2 Å². The fourth-order valence-corrected chi connectivity index (χ4v) is 4.97. The molecule has 0 unspecified atom stereocenters. The molecule has 3 aromatic rings. The number of piperazine rings is 1. The highest BCUT2D eigenvalue weighted by atomic mass is 35.5. The molecule has 1 fully saturated rings. The summed E-state index contributed by atoms with van der Waals surface area (Å²) in [5, 5.41) is 25.1. The molecule has 2 aromatic carbocycles. The van der Waals surface area contributed by atoms with Crippen molar-refractivity contribution < 1.29 is 14.7 Å². The molecule has 10 heteroatoms. The zero-order chi connectivity index (χ0) is 23.8. The Kier molecular flexibility index (Phi) is 5.80. The molecular weight excluding hydrogens is 474 g/mol. The molecule has 0 bridgehead atoms. The molecule has 1 aromatic heterocycles. The van der Waals surface area contributed by atoms with Crippen LogP contribution in [0, 0.1) is 5.41 Å². The van der Waals surface area contributed by atoms with Crippen LogP contribution >= 0.6 is 22.9 Å². The van der Waals surface area contributed by atoms with E-state index >= 15 is 0 Å². The van der Waals surface area contributed by atoms with Gasteiger partial charge in [-0.1, -0.05) is 23.7 Å². The van der Waals surface area contributed by atoms with E-state index in [-0.39, 0.29) is 36.5 Å². The van der Waals surface area contributed by atoms with E-state index < -0.39 is 0 Å². The summed E-state index contributed by atoms with van der Waals surface area (Å²) in [5.41, 5.74) is 3.19. The highest BCUT2D eigenvalue weighted by Crippen LogP contribution is 2.34. The second-order valence-electron chi connectivity index (χ2n) is 7.92. The fraction of sp³-hybridized carbons (Fsp3) is 0.167. The normalized spacial score (nSPS) is 16.3. The van der Waals surface area contributed by atoms with Gasteiger partial charge in [0.15, 0.2) is 0 Å². The van der Waals surface area contributed by atoms with Gasteiger partial charge in [0.25, 0.3) is 5.91 Å². The molecule has 8 nitrogen and oxygen atoms in total. The highest BCUT2D eigenvalue weighted by molar-refractivity contribution is 7.11. The Morgan fingerprint density at radius 3 is 2.56 bits per heavy atom. The zero-order valence-electron chi connectivity index (χ0n) is 17.9. The van der Waals surface area contributed by atoms with Crippen molar-refractivity contribution in [2.75, 3.05) is 31.1 Å². The molecule has 2 amide bonds. The van der Waals surface area contributed by atoms with Crippen LogP contribution in [0.15, 0.2) is 59.7 Å². The molecule has 172 valence electrons. The Balaban J connectivity index is 1.32. The number of halogens is 1. The lowest BCUT2D eigenvalue weighted by Gasteiger charge is -2.27. The Morgan fingerprint density at radius 2 is 1.85 bits per heavy atom. The number of aliphatic hydroxyl groups is 1. The molecule has 0 spiro atoms. The topological polar surface area (TPSA) is 110 Å². The first-order valence-electron chi connectivity index (χ1n) is 10.6. The van der Waals surface area contributed by atoms with Gasteiger partial charge in [0.2, 0.25) is 5.91 Å². The van der Waals surface area contributed by atoms with Gasteiger partial charge in [-0.15, -0.1) is 11.3 Å². The monoisotopic (exact) mass is 493 g/mol. The quantitative estimate of drug-likeness (QED) is 0.512. The molecule has 34 heavy (non-hydrogen) atoms. The number of aliphatic hydroxyl groups excluding tert-OH is 1. The van der Waals surface area contributed by atoms with Crippen molar-refractivity contribution >= 4 is 51.8 Å². The number of anilines is 1. The average molecular weight is 494 g/mol. The molecule has 0 atom stereocenters. The highest BCUT2D eigenvalue weighted by Gasteiger charge is 2.31. The number of aromatic nitrogens is 1. The first kappa shape index (κ1) is 22.1. The Bertz CT molecular complexity index is 1320. The third-order valence-corrected chi connectivity index (χ3v) is 6.82. The maximum absolute atomic E-state index is 12.7. The van der Waals surface area contributed by atoms with Gasteiger partial charge in [-0.3, -0.25) is 15.0 Å². The molecule has 1 saturated heterocycles.